The van der Waals surface area contributed by atoms with Crippen LogP contribution in [0.2, 0.25) is 5.02 Å². The van der Waals surface area contributed by atoms with Crippen LogP contribution < -0.4 is 9.46 Å². The van der Waals surface area contributed by atoms with Gasteiger partial charge in [-0.15, -0.1) is 0 Å². The number of carbonyl (C=O) groups excluding carboxylic acids is 2. The molecule has 0 unspecified atom stereocenters. The van der Waals surface area contributed by atoms with Crippen molar-refractivity contribution in [2.45, 2.75) is 4.90 Å². The van der Waals surface area contributed by atoms with Crippen LogP contribution >= 0.6 is 11.6 Å². The standard InChI is InChI=1S/C17H16ClNO7S/c1-24-16(20)10-26-15-8-7-13(9-14(15)18)27(22,23)19-12-5-3-11(4-6-12)17(21)25-2/h3-9,19H,10H2,1-2H3. The molecule has 0 spiro atoms. The van der Waals surface area contributed by atoms with Crippen molar-refractivity contribution in [1.29, 1.82) is 0 Å². The molecule has 0 fully saturated rings. The molecule has 0 heterocycles. The predicted molar refractivity (Wildman–Crippen MR) is 97.6 cm³/mol. The highest BCUT2D eigenvalue weighted by Crippen LogP contribution is 2.28. The zero-order chi connectivity index (χ0) is 20.0. The maximum atomic E-state index is 12.5. The Morgan fingerprint density at radius 3 is 2.26 bits per heavy atom. The van der Waals surface area contributed by atoms with Crippen molar-refractivity contribution in [2.24, 2.45) is 0 Å². The van der Waals surface area contributed by atoms with Gasteiger partial charge in [-0.3, -0.25) is 4.72 Å². The highest BCUT2D eigenvalue weighted by molar-refractivity contribution is 7.92. The Labute approximate surface area is 161 Å². The lowest BCUT2D eigenvalue weighted by Crippen LogP contribution is -2.14. The Hall–Kier alpha value is -2.78. The summed E-state index contributed by atoms with van der Waals surface area (Å²) < 4.78 is 41.5. The quantitative estimate of drug-likeness (QED) is 0.694. The molecular weight excluding hydrogens is 398 g/mol. The molecule has 0 aliphatic rings. The molecule has 0 amide bonds. The fourth-order valence-electron chi connectivity index (χ4n) is 1.97. The van der Waals surface area contributed by atoms with E-state index in [2.05, 4.69) is 14.2 Å². The smallest absolute Gasteiger partial charge is 0.343 e. The number of hydrogen-bond donors (Lipinski definition) is 1. The SMILES string of the molecule is COC(=O)COc1ccc(S(=O)(=O)Nc2ccc(C(=O)OC)cc2)cc1Cl. The first kappa shape index (κ1) is 20.5. The maximum Gasteiger partial charge on any atom is 0.343 e. The number of benzene rings is 2. The zero-order valence-electron chi connectivity index (χ0n) is 14.4. The van der Waals surface area contributed by atoms with Gasteiger partial charge in [-0.25, -0.2) is 18.0 Å². The zero-order valence-corrected chi connectivity index (χ0v) is 16.0. The maximum absolute atomic E-state index is 12.5. The summed E-state index contributed by atoms with van der Waals surface area (Å²) in [5, 5.41) is 0.0165. The molecule has 0 aliphatic carbocycles. The van der Waals surface area contributed by atoms with Crippen LogP contribution in [0.1, 0.15) is 10.4 Å². The number of sulfonamides is 1. The van der Waals surface area contributed by atoms with E-state index in [-0.39, 0.29) is 33.5 Å². The van der Waals surface area contributed by atoms with Gasteiger partial charge in [0.05, 0.1) is 29.7 Å². The van der Waals surface area contributed by atoms with Gasteiger partial charge >= 0.3 is 11.9 Å². The molecule has 0 aliphatic heterocycles. The third-order valence-corrected chi connectivity index (χ3v) is 5.02. The molecule has 0 atom stereocenters. The first-order chi connectivity index (χ1) is 12.8. The highest BCUT2D eigenvalue weighted by atomic mass is 35.5. The Morgan fingerprint density at radius 1 is 1.04 bits per heavy atom. The van der Waals surface area contributed by atoms with E-state index in [1.165, 1.54) is 56.7 Å². The second-order valence-electron chi connectivity index (χ2n) is 5.13. The Balaban J connectivity index is 2.15. The number of hydrogen-bond acceptors (Lipinski definition) is 7. The summed E-state index contributed by atoms with van der Waals surface area (Å²) in [6.45, 7) is -0.354. The average molecular weight is 414 g/mol. The van der Waals surface area contributed by atoms with E-state index in [1.54, 1.807) is 0 Å². The van der Waals surface area contributed by atoms with Crippen molar-refractivity contribution >= 4 is 39.3 Å². The van der Waals surface area contributed by atoms with Gasteiger partial charge in [0.15, 0.2) is 6.61 Å². The first-order valence-electron chi connectivity index (χ1n) is 7.47. The fourth-order valence-corrected chi connectivity index (χ4v) is 3.35. The summed E-state index contributed by atoms with van der Waals surface area (Å²) in [6.07, 6.45) is 0. The largest absolute Gasteiger partial charge is 0.480 e. The molecule has 1 N–H and O–H groups in total. The van der Waals surface area contributed by atoms with Crippen LogP contribution in [0.25, 0.3) is 0 Å². The van der Waals surface area contributed by atoms with Gasteiger partial charge in [0.25, 0.3) is 10.0 Å². The molecule has 2 aromatic carbocycles. The second kappa shape index (κ2) is 8.74. The minimum absolute atomic E-state index is 0.0165. The number of esters is 2. The molecule has 0 radical (unpaired) electrons. The third kappa shape index (κ3) is 5.35. The van der Waals surface area contributed by atoms with Crippen molar-refractivity contribution in [3.05, 3.63) is 53.1 Å². The van der Waals surface area contributed by atoms with E-state index in [0.717, 1.165) is 0 Å². The Bertz CT molecular complexity index is 942. The summed E-state index contributed by atoms with van der Waals surface area (Å²) in [7, 11) is -1.46. The van der Waals surface area contributed by atoms with Crippen molar-refractivity contribution in [3.63, 3.8) is 0 Å². The van der Waals surface area contributed by atoms with Crippen LogP contribution in [0.3, 0.4) is 0 Å². The first-order valence-corrected chi connectivity index (χ1v) is 9.33. The predicted octanol–water partition coefficient (Wildman–Crippen LogP) is 2.48. The number of carbonyl (C=O) groups is 2. The van der Waals surface area contributed by atoms with Crippen LogP contribution in [0.15, 0.2) is 47.4 Å². The average Bonchev–Trinajstić information content (AvgIpc) is 2.66. The lowest BCUT2D eigenvalue weighted by atomic mass is 10.2. The molecule has 2 aromatic rings. The number of rotatable bonds is 7. The number of ether oxygens (including phenoxy) is 3. The van der Waals surface area contributed by atoms with Gasteiger partial charge in [0.1, 0.15) is 5.75 Å². The summed E-state index contributed by atoms with van der Waals surface area (Å²) in [5.74, 6) is -0.984. The van der Waals surface area contributed by atoms with Gasteiger partial charge < -0.3 is 14.2 Å². The molecule has 0 saturated carbocycles. The molecule has 27 heavy (non-hydrogen) atoms. The van der Waals surface area contributed by atoms with Gasteiger partial charge in [0.2, 0.25) is 0 Å². The second-order valence-corrected chi connectivity index (χ2v) is 7.22. The van der Waals surface area contributed by atoms with E-state index in [1.807, 2.05) is 0 Å². The summed E-state index contributed by atoms with van der Waals surface area (Å²) in [4.78, 5) is 22.4. The lowest BCUT2D eigenvalue weighted by molar-refractivity contribution is -0.142. The molecule has 2 rings (SSSR count). The van der Waals surface area contributed by atoms with Gasteiger partial charge in [0, 0.05) is 5.69 Å². The molecular formula is C17H16ClNO7S. The van der Waals surface area contributed by atoms with E-state index < -0.39 is 22.0 Å². The Morgan fingerprint density at radius 2 is 1.70 bits per heavy atom. The third-order valence-electron chi connectivity index (χ3n) is 3.35. The minimum Gasteiger partial charge on any atom is -0.480 e. The number of methoxy groups -OCH3 is 2. The van der Waals surface area contributed by atoms with Crippen molar-refractivity contribution < 1.29 is 32.2 Å². The number of halogens is 1. The summed E-state index contributed by atoms with van der Waals surface area (Å²) in [5.41, 5.74) is 0.542. The molecule has 0 bridgehead atoms. The normalized spacial score (nSPS) is 10.8. The van der Waals surface area contributed by atoms with Gasteiger partial charge in [-0.1, -0.05) is 11.6 Å². The van der Waals surface area contributed by atoms with E-state index in [0.29, 0.717) is 0 Å². The monoisotopic (exact) mass is 413 g/mol. The van der Waals surface area contributed by atoms with Crippen LogP contribution in [0, 0.1) is 0 Å². The fraction of sp³-hybridized carbons (Fsp3) is 0.176. The molecule has 10 heteroatoms. The van der Waals surface area contributed by atoms with Gasteiger partial charge in [-0.2, -0.15) is 0 Å². The molecule has 144 valence electrons. The van der Waals surface area contributed by atoms with Crippen LogP contribution in [-0.2, 0) is 24.3 Å². The topological polar surface area (TPSA) is 108 Å². The van der Waals surface area contributed by atoms with Crippen LogP contribution in [0.4, 0.5) is 5.69 Å². The van der Waals surface area contributed by atoms with E-state index >= 15 is 0 Å². The van der Waals surface area contributed by atoms with E-state index in [9.17, 15) is 18.0 Å². The van der Waals surface area contributed by atoms with Crippen molar-refractivity contribution in [1.82, 2.24) is 0 Å². The number of nitrogens with one attached hydrogen (secondary N) is 1. The summed E-state index contributed by atoms with van der Waals surface area (Å²) >= 11 is 6.02. The summed E-state index contributed by atoms with van der Waals surface area (Å²) in [6, 6.07) is 9.53. The highest BCUT2D eigenvalue weighted by Gasteiger charge is 2.17. The van der Waals surface area contributed by atoms with Crippen molar-refractivity contribution in [3.8, 4) is 5.75 Å². The van der Waals surface area contributed by atoms with Crippen molar-refractivity contribution in [2.75, 3.05) is 25.5 Å². The van der Waals surface area contributed by atoms with Crippen LogP contribution in [-0.4, -0.2) is 41.2 Å². The Kier molecular flexibility index (Phi) is 6.65. The van der Waals surface area contributed by atoms with Gasteiger partial charge in [-0.05, 0) is 42.5 Å². The van der Waals surface area contributed by atoms with Crippen LogP contribution in [0.5, 0.6) is 5.75 Å². The molecule has 0 saturated heterocycles. The minimum atomic E-state index is -3.92. The molecule has 8 nitrogen and oxygen atoms in total. The van der Waals surface area contributed by atoms with E-state index in [4.69, 9.17) is 16.3 Å². The number of anilines is 1. The molecule has 0 aromatic heterocycles. The lowest BCUT2D eigenvalue weighted by Gasteiger charge is -2.11.